The van der Waals surface area contributed by atoms with E-state index in [1.54, 1.807) is 6.20 Å². The predicted molar refractivity (Wildman–Crippen MR) is 72.3 cm³/mol. The molecule has 0 unspecified atom stereocenters. The molecule has 7 nitrogen and oxygen atoms in total. The molecule has 19 heavy (non-hydrogen) atoms. The highest BCUT2D eigenvalue weighted by Gasteiger charge is 2.15. The third-order valence-electron chi connectivity index (χ3n) is 2.33. The Morgan fingerprint density at radius 1 is 1.53 bits per heavy atom. The lowest BCUT2D eigenvalue weighted by Gasteiger charge is -2.03. The van der Waals surface area contributed by atoms with Crippen LogP contribution in [0.25, 0.3) is 0 Å². The summed E-state index contributed by atoms with van der Waals surface area (Å²) in [6.07, 6.45) is 1.64. The van der Waals surface area contributed by atoms with E-state index in [1.165, 1.54) is 29.5 Å². The van der Waals surface area contributed by atoms with Crippen LogP contribution in [0.4, 0.5) is 16.5 Å². The lowest BCUT2D eigenvalue weighted by Crippen LogP contribution is -2.12. The molecule has 2 rings (SSSR count). The van der Waals surface area contributed by atoms with E-state index < -0.39 is 10.8 Å². The van der Waals surface area contributed by atoms with Gasteiger partial charge in [-0.25, -0.2) is 4.98 Å². The van der Waals surface area contributed by atoms with Gasteiger partial charge in [0.15, 0.2) is 5.13 Å². The standard InChI is InChI=1S/C11H10N4O3S/c1-6-5-13-11(19-6)14-10(16)7-2-3-9(15(17)18)8(12)4-7/h2-5H,12H2,1H3,(H,13,14,16). The Bertz CT molecular complexity index is 653. The Balaban J connectivity index is 2.20. The molecule has 3 N–H and O–H groups in total. The first kappa shape index (κ1) is 13.0. The number of nitrogen functional groups attached to an aromatic ring is 1. The van der Waals surface area contributed by atoms with Crippen molar-refractivity contribution in [1.29, 1.82) is 0 Å². The number of benzene rings is 1. The number of nitrogens with two attached hydrogens (primary N) is 1. The number of nitrogens with zero attached hydrogens (tertiary/aromatic N) is 2. The van der Waals surface area contributed by atoms with Crippen molar-refractivity contribution >= 4 is 33.8 Å². The molecule has 0 saturated heterocycles. The van der Waals surface area contributed by atoms with Crippen molar-refractivity contribution in [1.82, 2.24) is 4.98 Å². The van der Waals surface area contributed by atoms with Gasteiger partial charge < -0.3 is 5.73 Å². The van der Waals surface area contributed by atoms with Crippen molar-refractivity contribution in [3.8, 4) is 0 Å². The number of rotatable bonds is 3. The summed E-state index contributed by atoms with van der Waals surface area (Å²) in [5.74, 6) is -0.407. The molecule has 8 heteroatoms. The monoisotopic (exact) mass is 278 g/mol. The molecule has 0 saturated carbocycles. The Labute approximate surface area is 112 Å². The van der Waals surface area contributed by atoms with Gasteiger partial charge in [0.1, 0.15) is 5.69 Å². The molecule has 2 aromatic rings. The second-order valence-corrected chi connectivity index (χ2v) is 5.00. The molecule has 0 fully saturated rings. The molecule has 0 atom stereocenters. The van der Waals surface area contributed by atoms with Crippen LogP contribution in [0.15, 0.2) is 24.4 Å². The van der Waals surface area contributed by atoms with E-state index >= 15 is 0 Å². The van der Waals surface area contributed by atoms with E-state index in [2.05, 4.69) is 10.3 Å². The highest BCUT2D eigenvalue weighted by Crippen LogP contribution is 2.23. The van der Waals surface area contributed by atoms with Gasteiger partial charge in [-0.1, -0.05) is 0 Å². The van der Waals surface area contributed by atoms with Gasteiger partial charge in [0.2, 0.25) is 0 Å². The Kier molecular flexibility index (Phi) is 3.43. The van der Waals surface area contributed by atoms with E-state index in [9.17, 15) is 14.9 Å². The number of anilines is 2. The molecule has 1 aromatic carbocycles. The zero-order valence-electron chi connectivity index (χ0n) is 9.91. The minimum atomic E-state index is -0.596. The molecule has 0 spiro atoms. The van der Waals surface area contributed by atoms with Gasteiger partial charge in [0.25, 0.3) is 11.6 Å². The van der Waals surface area contributed by atoms with Gasteiger partial charge in [-0.15, -0.1) is 11.3 Å². The summed E-state index contributed by atoms with van der Waals surface area (Å²) in [7, 11) is 0. The maximum Gasteiger partial charge on any atom is 0.292 e. The topological polar surface area (TPSA) is 111 Å². The average molecular weight is 278 g/mol. The summed E-state index contributed by atoms with van der Waals surface area (Å²) in [6.45, 7) is 1.87. The van der Waals surface area contributed by atoms with Crippen LogP contribution in [0.1, 0.15) is 15.2 Å². The highest BCUT2D eigenvalue weighted by molar-refractivity contribution is 7.15. The van der Waals surface area contributed by atoms with E-state index in [4.69, 9.17) is 5.73 Å². The normalized spacial score (nSPS) is 10.2. The van der Waals surface area contributed by atoms with E-state index in [0.717, 1.165) is 4.88 Å². The first-order valence-electron chi connectivity index (χ1n) is 5.25. The van der Waals surface area contributed by atoms with Crippen molar-refractivity contribution in [2.45, 2.75) is 6.92 Å². The minimum absolute atomic E-state index is 0.0482. The van der Waals surface area contributed by atoms with Crippen molar-refractivity contribution in [2.24, 2.45) is 0 Å². The molecule has 1 amide bonds. The van der Waals surface area contributed by atoms with E-state index in [-0.39, 0.29) is 16.9 Å². The van der Waals surface area contributed by atoms with E-state index in [0.29, 0.717) is 5.13 Å². The summed E-state index contributed by atoms with van der Waals surface area (Å²) in [5, 5.41) is 13.7. The number of hydrogen-bond acceptors (Lipinski definition) is 6. The zero-order valence-corrected chi connectivity index (χ0v) is 10.7. The van der Waals surface area contributed by atoms with Crippen molar-refractivity contribution in [2.75, 3.05) is 11.1 Å². The predicted octanol–water partition coefficient (Wildman–Crippen LogP) is 2.19. The summed E-state index contributed by atoms with van der Waals surface area (Å²) in [6, 6.07) is 3.83. The third-order valence-corrected chi connectivity index (χ3v) is 3.16. The molecule has 0 bridgehead atoms. The maximum atomic E-state index is 11.9. The van der Waals surface area contributed by atoms with Crippen LogP contribution in [0.2, 0.25) is 0 Å². The minimum Gasteiger partial charge on any atom is -0.393 e. The number of carbonyl (C=O) groups excluding carboxylic acids is 1. The maximum absolute atomic E-state index is 11.9. The second kappa shape index (κ2) is 5.02. The van der Waals surface area contributed by atoms with Gasteiger partial charge in [0, 0.05) is 22.7 Å². The molecule has 0 aliphatic rings. The summed E-state index contributed by atoms with van der Waals surface area (Å²) in [4.78, 5) is 26.9. The first-order valence-corrected chi connectivity index (χ1v) is 6.06. The lowest BCUT2D eigenvalue weighted by molar-refractivity contribution is -0.383. The quantitative estimate of drug-likeness (QED) is 0.508. The molecule has 0 radical (unpaired) electrons. The van der Waals surface area contributed by atoms with Crippen molar-refractivity contribution < 1.29 is 9.72 Å². The van der Waals surface area contributed by atoms with Crippen LogP contribution < -0.4 is 11.1 Å². The average Bonchev–Trinajstić information content (AvgIpc) is 2.74. The second-order valence-electron chi connectivity index (χ2n) is 3.76. The molecule has 0 aliphatic heterocycles. The molecule has 1 aromatic heterocycles. The van der Waals surface area contributed by atoms with Gasteiger partial charge in [-0.05, 0) is 19.1 Å². The fourth-order valence-corrected chi connectivity index (χ4v) is 2.10. The van der Waals surface area contributed by atoms with Crippen LogP contribution in [-0.4, -0.2) is 15.8 Å². The smallest absolute Gasteiger partial charge is 0.292 e. The van der Waals surface area contributed by atoms with Crippen LogP contribution in [0.3, 0.4) is 0 Å². The number of nitro benzene ring substituents is 1. The lowest BCUT2D eigenvalue weighted by atomic mass is 10.1. The van der Waals surface area contributed by atoms with Crippen LogP contribution in [0.5, 0.6) is 0 Å². The Hall–Kier alpha value is -2.48. The molecule has 98 valence electrons. The third kappa shape index (κ3) is 2.86. The van der Waals surface area contributed by atoms with Crippen LogP contribution in [0, 0.1) is 17.0 Å². The molecular formula is C11H10N4O3S. The number of aromatic nitrogens is 1. The first-order chi connectivity index (χ1) is 8.97. The molecule has 1 heterocycles. The fourth-order valence-electron chi connectivity index (χ4n) is 1.44. The van der Waals surface area contributed by atoms with E-state index in [1.807, 2.05) is 6.92 Å². The van der Waals surface area contributed by atoms with Gasteiger partial charge in [0.05, 0.1) is 4.92 Å². The number of thiazole rings is 1. The van der Waals surface area contributed by atoms with Crippen LogP contribution in [-0.2, 0) is 0 Å². The highest BCUT2D eigenvalue weighted by atomic mass is 32.1. The summed E-state index contributed by atoms with van der Waals surface area (Å²) >= 11 is 1.34. The van der Waals surface area contributed by atoms with Crippen molar-refractivity contribution in [3.05, 3.63) is 45.0 Å². The zero-order chi connectivity index (χ0) is 14.0. The van der Waals surface area contributed by atoms with Gasteiger partial charge in [-0.2, -0.15) is 0 Å². The number of nitro groups is 1. The Morgan fingerprint density at radius 2 is 2.26 bits per heavy atom. The summed E-state index contributed by atoms with van der Waals surface area (Å²) in [5.41, 5.74) is 5.50. The number of hydrogen-bond donors (Lipinski definition) is 2. The number of carbonyl (C=O) groups is 1. The SMILES string of the molecule is Cc1cnc(NC(=O)c2ccc([N+](=O)[O-])c(N)c2)s1. The van der Waals surface area contributed by atoms with Crippen LogP contribution >= 0.6 is 11.3 Å². The van der Waals surface area contributed by atoms with Gasteiger partial charge in [-0.3, -0.25) is 20.2 Å². The van der Waals surface area contributed by atoms with Gasteiger partial charge >= 0.3 is 0 Å². The number of aryl methyl sites for hydroxylation is 1. The molecular weight excluding hydrogens is 268 g/mol. The van der Waals surface area contributed by atoms with Crippen molar-refractivity contribution in [3.63, 3.8) is 0 Å². The molecule has 0 aliphatic carbocycles. The largest absolute Gasteiger partial charge is 0.393 e. The fraction of sp³-hybridized carbons (Fsp3) is 0.0909. The number of amides is 1. The summed E-state index contributed by atoms with van der Waals surface area (Å²) < 4.78 is 0. The Morgan fingerprint density at radius 3 is 2.79 bits per heavy atom. The number of nitrogens with one attached hydrogen (secondary N) is 1.